The van der Waals surface area contributed by atoms with Crippen LogP contribution in [0.15, 0.2) is 24.3 Å². The lowest BCUT2D eigenvalue weighted by atomic mass is 9.92. The summed E-state index contributed by atoms with van der Waals surface area (Å²) < 4.78 is 0. The largest absolute Gasteiger partial charge is 0.310 e. The van der Waals surface area contributed by atoms with Gasteiger partial charge in [0, 0.05) is 6.04 Å². The third kappa shape index (κ3) is 2.80. The highest BCUT2D eigenvalue weighted by molar-refractivity contribution is 7.99. The van der Waals surface area contributed by atoms with Crippen molar-refractivity contribution < 1.29 is 0 Å². The summed E-state index contributed by atoms with van der Waals surface area (Å²) in [6.45, 7) is 5.40. The molecule has 2 rings (SSSR count). The third-order valence-corrected chi connectivity index (χ3v) is 4.49. The van der Waals surface area contributed by atoms with E-state index in [0.717, 1.165) is 12.5 Å². The van der Waals surface area contributed by atoms with Crippen molar-refractivity contribution in [1.82, 2.24) is 5.32 Å². The first-order valence-electron chi connectivity index (χ1n) is 6.19. The van der Waals surface area contributed by atoms with E-state index in [1.165, 1.54) is 29.1 Å². The fourth-order valence-electron chi connectivity index (χ4n) is 2.37. The Morgan fingerprint density at radius 2 is 2.12 bits per heavy atom. The monoisotopic (exact) mass is 235 g/mol. The summed E-state index contributed by atoms with van der Waals surface area (Å²) in [6.07, 6.45) is 1.36. The number of benzene rings is 1. The number of hydrogen-bond acceptors (Lipinski definition) is 2. The molecule has 1 aliphatic heterocycles. The first-order valence-corrected chi connectivity index (χ1v) is 7.34. The summed E-state index contributed by atoms with van der Waals surface area (Å²) in [5, 5.41) is 3.65. The molecule has 0 saturated carbocycles. The molecule has 1 fully saturated rings. The van der Waals surface area contributed by atoms with Gasteiger partial charge in [0.1, 0.15) is 0 Å². The number of rotatable bonds is 4. The van der Waals surface area contributed by atoms with Crippen molar-refractivity contribution in [2.45, 2.75) is 26.3 Å². The minimum absolute atomic E-state index is 0.556. The predicted molar refractivity (Wildman–Crippen MR) is 73.0 cm³/mol. The third-order valence-electron chi connectivity index (χ3n) is 3.30. The first-order chi connectivity index (χ1) is 7.81. The fraction of sp³-hybridized carbons (Fsp3) is 0.571. The second kappa shape index (κ2) is 5.74. The average Bonchev–Trinajstić information content (AvgIpc) is 2.81. The highest BCUT2D eigenvalue weighted by atomic mass is 32.2. The fourth-order valence-corrected chi connectivity index (χ4v) is 3.66. The normalized spacial score (nSPS) is 22.2. The van der Waals surface area contributed by atoms with E-state index >= 15 is 0 Å². The summed E-state index contributed by atoms with van der Waals surface area (Å²) >= 11 is 2.09. The van der Waals surface area contributed by atoms with Crippen LogP contribution in [0.25, 0.3) is 0 Å². The van der Waals surface area contributed by atoms with Gasteiger partial charge in [0.25, 0.3) is 0 Å². The quantitative estimate of drug-likeness (QED) is 0.858. The summed E-state index contributed by atoms with van der Waals surface area (Å²) in [5.41, 5.74) is 2.81. The minimum Gasteiger partial charge on any atom is -0.310 e. The molecule has 1 aromatic carbocycles. The molecule has 16 heavy (non-hydrogen) atoms. The van der Waals surface area contributed by atoms with Gasteiger partial charge in [0.15, 0.2) is 0 Å². The van der Waals surface area contributed by atoms with Crippen LogP contribution in [0.1, 0.15) is 30.5 Å². The SMILES string of the molecule is CCNC(c1ccc(C)cc1)C1CCSC1. The van der Waals surface area contributed by atoms with E-state index in [-0.39, 0.29) is 0 Å². The molecule has 88 valence electrons. The molecule has 0 bridgehead atoms. The average molecular weight is 235 g/mol. The lowest BCUT2D eigenvalue weighted by Gasteiger charge is -2.24. The molecule has 2 heteroatoms. The predicted octanol–water partition coefficient (Wildman–Crippen LogP) is 3.40. The molecule has 1 aromatic rings. The Morgan fingerprint density at radius 1 is 1.38 bits per heavy atom. The van der Waals surface area contributed by atoms with Gasteiger partial charge in [-0.2, -0.15) is 11.8 Å². The van der Waals surface area contributed by atoms with Crippen LogP contribution < -0.4 is 5.32 Å². The molecule has 2 atom stereocenters. The van der Waals surface area contributed by atoms with Crippen LogP contribution in [0.2, 0.25) is 0 Å². The molecule has 1 nitrogen and oxygen atoms in total. The molecule has 0 aromatic heterocycles. The maximum Gasteiger partial charge on any atom is 0.0356 e. The Balaban J connectivity index is 2.14. The van der Waals surface area contributed by atoms with Crippen molar-refractivity contribution in [3.8, 4) is 0 Å². The second-order valence-corrected chi connectivity index (χ2v) is 5.72. The molecule has 0 amide bonds. The molecule has 1 aliphatic rings. The van der Waals surface area contributed by atoms with Crippen molar-refractivity contribution in [3.63, 3.8) is 0 Å². The van der Waals surface area contributed by atoms with Gasteiger partial charge in [0.2, 0.25) is 0 Å². The number of aryl methyl sites for hydroxylation is 1. The zero-order chi connectivity index (χ0) is 11.4. The number of thioether (sulfide) groups is 1. The van der Waals surface area contributed by atoms with Crippen LogP contribution in [0.5, 0.6) is 0 Å². The molecule has 0 spiro atoms. The summed E-state index contributed by atoms with van der Waals surface area (Å²) in [5.74, 6) is 3.46. The Morgan fingerprint density at radius 3 is 2.69 bits per heavy atom. The van der Waals surface area contributed by atoms with E-state index in [9.17, 15) is 0 Å². The van der Waals surface area contributed by atoms with E-state index in [1.807, 2.05) is 0 Å². The standard InChI is InChI=1S/C14H21NS/c1-3-15-14(13-8-9-16-10-13)12-6-4-11(2)5-7-12/h4-7,13-15H,3,8-10H2,1-2H3. The van der Waals surface area contributed by atoms with E-state index in [1.54, 1.807) is 0 Å². The molecule has 1 heterocycles. The van der Waals surface area contributed by atoms with Crippen molar-refractivity contribution in [2.75, 3.05) is 18.1 Å². The topological polar surface area (TPSA) is 12.0 Å². The summed E-state index contributed by atoms with van der Waals surface area (Å²) in [7, 11) is 0. The van der Waals surface area contributed by atoms with Crippen LogP contribution in [-0.2, 0) is 0 Å². The van der Waals surface area contributed by atoms with Crippen molar-refractivity contribution in [1.29, 1.82) is 0 Å². The van der Waals surface area contributed by atoms with E-state index < -0.39 is 0 Å². The molecule has 1 saturated heterocycles. The van der Waals surface area contributed by atoms with Crippen LogP contribution in [-0.4, -0.2) is 18.1 Å². The van der Waals surface area contributed by atoms with Gasteiger partial charge in [-0.1, -0.05) is 36.8 Å². The molecule has 0 radical (unpaired) electrons. The van der Waals surface area contributed by atoms with Gasteiger partial charge in [-0.3, -0.25) is 0 Å². The van der Waals surface area contributed by atoms with Gasteiger partial charge >= 0.3 is 0 Å². The molecular weight excluding hydrogens is 214 g/mol. The van der Waals surface area contributed by atoms with Gasteiger partial charge in [-0.25, -0.2) is 0 Å². The second-order valence-electron chi connectivity index (χ2n) is 4.57. The molecule has 1 N–H and O–H groups in total. The molecule has 0 aliphatic carbocycles. The zero-order valence-corrected chi connectivity index (χ0v) is 11.0. The highest BCUT2D eigenvalue weighted by Gasteiger charge is 2.25. The van der Waals surface area contributed by atoms with Gasteiger partial charge in [0.05, 0.1) is 0 Å². The summed E-state index contributed by atoms with van der Waals surface area (Å²) in [6, 6.07) is 9.57. The Bertz CT molecular complexity index is 314. The Hall–Kier alpha value is -0.470. The maximum atomic E-state index is 3.65. The van der Waals surface area contributed by atoms with E-state index in [2.05, 4.69) is 55.2 Å². The Kier molecular flexibility index (Phi) is 4.30. The van der Waals surface area contributed by atoms with Gasteiger partial charge < -0.3 is 5.32 Å². The van der Waals surface area contributed by atoms with Crippen molar-refractivity contribution in [2.24, 2.45) is 5.92 Å². The lowest BCUT2D eigenvalue weighted by Crippen LogP contribution is -2.28. The number of hydrogen-bond donors (Lipinski definition) is 1. The van der Waals surface area contributed by atoms with E-state index in [0.29, 0.717) is 6.04 Å². The van der Waals surface area contributed by atoms with E-state index in [4.69, 9.17) is 0 Å². The Labute approximate surface area is 103 Å². The van der Waals surface area contributed by atoms with Crippen molar-refractivity contribution in [3.05, 3.63) is 35.4 Å². The van der Waals surface area contributed by atoms with Crippen LogP contribution in [0, 0.1) is 12.8 Å². The lowest BCUT2D eigenvalue weighted by molar-refractivity contribution is 0.401. The minimum atomic E-state index is 0.556. The molecular formula is C14H21NS. The zero-order valence-electron chi connectivity index (χ0n) is 10.2. The molecule has 2 unspecified atom stereocenters. The smallest absolute Gasteiger partial charge is 0.0356 e. The van der Waals surface area contributed by atoms with Crippen molar-refractivity contribution >= 4 is 11.8 Å². The highest BCUT2D eigenvalue weighted by Crippen LogP contribution is 2.34. The summed E-state index contributed by atoms with van der Waals surface area (Å²) in [4.78, 5) is 0. The first kappa shape index (κ1) is 12.0. The maximum absolute atomic E-state index is 3.65. The van der Waals surface area contributed by atoms with Crippen LogP contribution in [0.4, 0.5) is 0 Å². The number of nitrogens with one attached hydrogen (secondary N) is 1. The van der Waals surface area contributed by atoms with Gasteiger partial charge in [-0.15, -0.1) is 0 Å². The van der Waals surface area contributed by atoms with Gasteiger partial charge in [-0.05, 0) is 42.9 Å². The van der Waals surface area contributed by atoms with Crippen LogP contribution >= 0.6 is 11.8 Å². The van der Waals surface area contributed by atoms with Crippen LogP contribution in [0.3, 0.4) is 0 Å².